The first-order valence-corrected chi connectivity index (χ1v) is 5.21. The number of aryl methyl sites for hydroxylation is 1. The fourth-order valence-corrected chi connectivity index (χ4v) is 1.68. The minimum Gasteiger partial charge on any atom is -0.423 e. The van der Waals surface area contributed by atoms with E-state index in [0.29, 0.717) is 12.1 Å². The second-order valence-corrected chi connectivity index (χ2v) is 3.85. The smallest absolute Gasteiger partial charge is 0.423 e. The Morgan fingerprint density at radius 3 is 2.71 bits per heavy atom. The molecule has 2 N–H and O–H groups in total. The predicted molar refractivity (Wildman–Crippen MR) is 62.3 cm³/mol. The molecule has 0 aliphatic rings. The van der Waals surface area contributed by atoms with Crippen molar-refractivity contribution in [2.45, 2.75) is 13.5 Å². The van der Waals surface area contributed by atoms with Gasteiger partial charge < -0.3 is 10.0 Å². The fraction of sp³-hybridized carbons (Fsp3) is 0.182. The molecule has 1 aromatic heterocycles. The quantitative estimate of drug-likeness (QED) is 0.738. The molecular formula is C11H12BFN2O2. The first-order valence-electron chi connectivity index (χ1n) is 5.21. The van der Waals surface area contributed by atoms with Crippen LogP contribution in [0, 0.1) is 12.7 Å². The summed E-state index contributed by atoms with van der Waals surface area (Å²) in [7, 11) is -1.68. The number of benzene rings is 1. The van der Waals surface area contributed by atoms with Gasteiger partial charge in [-0.15, -0.1) is 0 Å². The minimum absolute atomic E-state index is 0.167. The van der Waals surface area contributed by atoms with Crippen LogP contribution >= 0.6 is 0 Å². The van der Waals surface area contributed by atoms with E-state index < -0.39 is 12.9 Å². The second-order valence-electron chi connectivity index (χ2n) is 3.85. The van der Waals surface area contributed by atoms with Crippen molar-refractivity contribution >= 4 is 12.6 Å². The summed E-state index contributed by atoms with van der Waals surface area (Å²) in [5.74, 6) is -0.492. The maximum absolute atomic E-state index is 13.0. The van der Waals surface area contributed by atoms with Crippen molar-refractivity contribution in [2.24, 2.45) is 0 Å². The number of rotatable bonds is 3. The molecule has 2 aromatic rings. The zero-order valence-electron chi connectivity index (χ0n) is 9.34. The number of aromatic nitrogens is 2. The molecule has 1 heterocycles. The fourth-order valence-electron chi connectivity index (χ4n) is 1.68. The normalized spacial score (nSPS) is 10.6. The Hall–Kier alpha value is -1.66. The SMILES string of the molecule is Cc1ccnn1Cc1ccc(F)cc1B(O)O. The summed E-state index contributed by atoms with van der Waals surface area (Å²) in [5, 5.41) is 22.5. The molecule has 0 amide bonds. The van der Waals surface area contributed by atoms with Crippen LogP contribution in [0.15, 0.2) is 30.5 Å². The summed E-state index contributed by atoms with van der Waals surface area (Å²) < 4.78 is 14.7. The molecule has 17 heavy (non-hydrogen) atoms. The van der Waals surface area contributed by atoms with Gasteiger partial charge in [0, 0.05) is 11.9 Å². The third-order valence-electron chi connectivity index (χ3n) is 2.64. The highest BCUT2D eigenvalue weighted by atomic mass is 19.1. The van der Waals surface area contributed by atoms with E-state index in [2.05, 4.69) is 5.10 Å². The highest BCUT2D eigenvalue weighted by molar-refractivity contribution is 6.59. The molecule has 0 aliphatic carbocycles. The second kappa shape index (κ2) is 4.69. The molecule has 0 aliphatic heterocycles. The third kappa shape index (κ3) is 2.54. The van der Waals surface area contributed by atoms with E-state index in [4.69, 9.17) is 0 Å². The van der Waals surface area contributed by atoms with Crippen molar-refractivity contribution in [2.75, 3.05) is 0 Å². The van der Waals surface area contributed by atoms with E-state index in [0.717, 1.165) is 11.8 Å². The topological polar surface area (TPSA) is 58.3 Å². The predicted octanol–water partition coefficient (Wildman–Crippen LogP) is 0.0587. The first kappa shape index (κ1) is 11.8. The Morgan fingerprint density at radius 1 is 1.35 bits per heavy atom. The summed E-state index contributed by atoms with van der Waals surface area (Å²) in [6.45, 7) is 2.28. The Kier molecular flexibility index (Phi) is 3.26. The highest BCUT2D eigenvalue weighted by Crippen LogP contribution is 2.05. The van der Waals surface area contributed by atoms with Gasteiger partial charge in [0.2, 0.25) is 0 Å². The standard InChI is InChI=1S/C11H12BFN2O2/c1-8-4-5-14-15(8)7-9-2-3-10(13)6-11(9)12(16)17/h2-6,16-17H,7H2,1H3. The van der Waals surface area contributed by atoms with Crippen LogP contribution in [0.3, 0.4) is 0 Å². The molecule has 0 bridgehead atoms. The molecule has 88 valence electrons. The lowest BCUT2D eigenvalue weighted by molar-refractivity contribution is 0.424. The van der Waals surface area contributed by atoms with Gasteiger partial charge in [-0.2, -0.15) is 5.10 Å². The Labute approximate surface area is 98.5 Å². The maximum Gasteiger partial charge on any atom is 0.488 e. The van der Waals surface area contributed by atoms with E-state index in [1.165, 1.54) is 12.1 Å². The van der Waals surface area contributed by atoms with Crippen LogP contribution in [0.5, 0.6) is 0 Å². The largest absolute Gasteiger partial charge is 0.488 e. The summed E-state index contributed by atoms with van der Waals surface area (Å²) in [4.78, 5) is 0. The molecule has 0 saturated heterocycles. The van der Waals surface area contributed by atoms with Crippen LogP contribution in [-0.4, -0.2) is 26.9 Å². The van der Waals surface area contributed by atoms with Gasteiger partial charge in [-0.05, 0) is 36.1 Å². The first-order chi connectivity index (χ1) is 8.08. The lowest BCUT2D eigenvalue weighted by Gasteiger charge is -2.10. The van der Waals surface area contributed by atoms with Crippen LogP contribution in [0.2, 0.25) is 0 Å². The molecule has 0 fully saturated rings. The number of halogens is 1. The van der Waals surface area contributed by atoms with E-state index in [1.807, 2.05) is 13.0 Å². The zero-order valence-corrected chi connectivity index (χ0v) is 9.34. The number of hydrogen-bond donors (Lipinski definition) is 2. The van der Waals surface area contributed by atoms with Crippen molar-refractivity contribution in [3.05, 3.63) is 47.5 Å². The van der Waals surface area contributed by atoms with Gasteiger partial charge in [-0.3, -0.25) is 4.68 Å². The zero-order chi connectivity index (χ0) is 12.4. The lowest BCUT2D eigenvalue weighted by Crippen LogP contribution is -2.34. The Bertz CT molecular complexity index is 528. The molecule has 0 radical (unpaired) electrons. The molecular weight excluding hydrogens is 222 g/mol. The average molecular weight is 234 g/mol. The summed E-state index contributed by atoms with van der Waals surface area (Å²) in [6.07, 6.45) is 1.66. The van der Waals surface area contributed by atoms with Crippen molar-refractivity contribution in [3.63, 3.8) is 0 Å². The summed E-state index contributed by atoms with van der Waals surface area (Å²) in [5.41, 5.74) is 1.75. The van der Waals surface area contributed by atoms with Gasteiger partial charge in [0.15, 0.2) is 0 Å². The molecule has 0 atom stereocenters. The van der Waals surface area contributed by atoms with Crippen molar-refractivity contribution in [3.8, 4) is 0 Å². The van der Waals surface area contributed by atoms with Crippen LogP contribution < -0.4 is 5.46 Å². The molecule has 1 aromatic carbocycles. The van der Waals surface area contributed by atoms with Crippen molar-refractivity contribution < 1.29 is 14.4 Å². The summed E-state index contributed by atoms with van der Waals surface area (Å²) in [6, 6.07) is 5.79. The van der Waals surface area contributed by atoms with Crippen molar-refractivity contribution in [1.82, 2.24) is 9.78 Å². The molecule has 0 spiro atoms. The highest BCUT2D eigenvalue weighted by Gasteiger charge is 2.17. The van der Waals surface area contributed by atoms with E-state index in [9.17, 15) is 14.4 Å². The molecule has 0 unspecified atom stereocenters. The molecule has 0 saturated carbocycles. The summed E-state index contributed by atoms with van der Waals surface area (Å²) >= 11 is 0. The van der Waals surface area contributed by atoms with Gasteiger partial charge in [-0.1, -0.05) is 6.07 Å². The lowest BCUT2D eigenvalue weighted by atomic mass is 9.77. The van der Waals surface area contributed by atoms with Crippen LogP contribution in [0.4, 0.5) is 4.39 Å². The Morgan fingerprint density at radius 2 is 2.12 bits per heavy atom. The van der Waals surface area contributed by atoms with E-state index >= 15 is 0 Å². The third-order valence-corrected chi connectivity index (χ3v) is 2.64. The van der Waals surface area contributed by atoms with Crippen molar-refractivity contribution in [1.29, 1.82) is 0 Å². The van der Waals surface area contributed by atoms with E-state index in [1.54, 1.807) is 10.9 Å². The van der Waals surface area contributed by atoms with Gasteiger partial charge >= 0.3 is 7.12 Å². The number of hydrogen-bond acceptors (Lipinski definition) is 3. The van der Waals surface area contributed by atoms with E-state index in [-0.39, 0.29) is 5.46 Å². The molecule has 6 heteroatoms. The van der Waals surface area contributed by atoms with Gasteiger partial charge in [0.1, 0.15) is 5.82 Å². The Balaban J connectivity index is 2.36. The number of nitrogens with zero attached hydrogens (tertiary/aromatic N) is 2. The molecule has 2 rings (SSSR count). The van der Waals surface area contributed by atoms with Crippen LogP contribution in [0.25, 0.3) is 0 Å². The van der Waals surface area contributed by atoms with Gasteiger partial charge in [0.05, 0.1) is 6.54 Å². The maximum atomic E-state index is 13.0. The average Bonchev–Trinajstić information content (AvgIpc) is 2.67. The van der Waals surface area contributed by atoms with Gasteiger partial charge in [0.25, 0.3) is 0 Å². The van der Waals surface area contributed by atoms with Crippen LogP contribution in [-0.2, 0) is 6.54 Å². The van der Waals surface area contributed by atoms with Gasteiger partial charge in [-0.25, -0.2) is 4.39 Å². The molecule has 4 nitrogen and oxygen atoms in total. The van der Waals surface area contributed by atoms with Crippen LogP contribution in [0.1, 0.15) is 11.3 Å². The minimum atomic E-state index is -1.68. The monoisotopic (exact) mass is 234 g/mol.